The molecule has 0 aromatic heterocycles. The molecule has 0 radical (unpaired) electrons. The summed E-state index contributed by atoms with van der Waals surface area (Å²) in [4.78, 5) is 14.0. The predicted molar refractivity (Wildman–Crippen MR) is 70.2 cm³/mol. The second-order valence-electron chi connectivity index (χ2n) is 4.68. The first kappa shape index (κ1) is 13.0. The van der Waals surface area contributed by atoms with Gasteiger partial charge in [0.2, 0.25) is 5.91 Å². The summed E-state index contributed by atoms with van der Waals surface area (Å²) in [6, 6.07) is 4.74. The summed E-state index contributed by atoms with van der Waals surface area (Å²) < 4.78 is 13.2. The molecule has 0 spiro atoms. The van der Waals surface area contributed by atoms with Crippen LogP contribution in [0.15, 0.2) is 18.2 Å². The fourth-order valence-corrected chi connectivity index (χ4v) is 2.36. The molecule has 1 aliphatic rings. The van der Waals surface area contributed by atoms with Gasteiger partial charge in [-0.25, -0.2) is 4.39 Å². The maximum atomic E-state index is 13.2. The summed E-state index contributed by atoms with van der Waals surface area (Å²) in [5, 5.41) is 3.19. The smallest absolute Gasteiger partial charge is 0.244 e. The molecule has 1 fully saturated rings. The first-order chi connectivity index (χ1) is 8.63. The van der Waals surface area contributed by atoms with Crippen molar-refractivity contribution in [3.63, 3.8) is 0 Å². The molecule has 4 heteroatoms. The minimum atomic E-state index is -0.230. The van der Waals surface area contributed by atoms with Crippen LogP contribution in [0.2, 0.25) is 0 Å². The van der Waals surface area contributed by atoms with Crippen molar-refractivity contribution in [2.45, 2.75) is 32.7 Å². The quantitative estimate of drug-likeness (QED) is 0.892. The summed E-state index contributed by atoms with van der Waals surface area (Å²) >= 11 is 0. The molecule has 1 aliphatic heterocycles. The Morgan fingerprint density at radius 1 is 1.50 bits per heavy atom. The van der Waals surface area contributed by atoms with Gasteiger partial charge in [0.1, 0.15) is 5.82 Å². The van der Waals surface area contributed by atoms with Crippen LogP contribution in [0.25, 0.3) is 0 Å². The number of nitrogens with zero attached hydrogens (tertiary/aromatic N) is 1. The molecule has 18 heavy (non-hydrogen) atoms. The zero-order valence-electron chi connectivity index (χ0n) is 10.9. The van der Waals surface area contributed by atoms with Crippen molar-refractivity contribution in [3.8, 4) is 0 Å². The van der Waals surface area contributed by atoms with Crippen LogP contribution in [0.4, 0.5) is 10.1 Å². The Hall–Kier alpha value is -1.42. The van der Waals surface area contributed by atoms with Gasteiger partial charge in [-0.3, -0.25) is 4.79 Å². The Morgan fingerprint density at radius 3 is 2.94 bits per heavy atom. The molecular weight excluding hydrogens is 231 g/mol. The van der Waals surface area contributed by atoms with Crippen LogP contribution in [0.1, 0.15) is 25.3 Å². The number of carbonyl (C=O) groups excluding carboxylic acids is 1. The molecule has 1 heterocycles. The maximum absolute atomic E-state index is 13.2. The van der Waals surface area contributed by atoms with Crippen molar-refractivity contribution in [1.82, 2.24) is 5.32 Å². The Bertz CT molecular complexity index is 445. The number of carbonyl (C=O) groups is 1. The minimum absolute atomic E-state index is 0.0918. The van der Waals surface area contributed by atoms with Gasteiger partial charge in [0.25, 0.3) is 0 Å². The molecule has 0 saturated carbocycles. The topological polar surface area (TPSA) is 32.3 Å². The first-order valence-electron chi connectivity index (χ1n) is 6.44. The normalized spacial score (nSPS) is 20.3. The SMILES string of the molecule is CCNC1CCCN(c2ccc(F)c(C)c2)C1=O. The lowest BCUT2D eigenvalue weighted by atomic mass is 10.0. The van der Waals surface area contributed by atoms with Gasteiger partial charge < -0.3 is 10.2 Å². The van der Waals surface area contributed by atoms with Gasteiger partial charge >= 0.3 is 0 Å². The average Bonchev–Trinajstić information content (AvgIpc) is 2.36. The molecule has 0 aliphatic carbocycles. The third-order valence-electron chi connectivity index (χ3n) is 3.34. The van der Waals surface area contributed by atoms with Crippen LogP contribution in [-0.2, 0) is 4.79 Å². The number of halogens is 1. The molecule has 1 N–H and O–H groups in total. The van der Waals surface area contributed by atoms with E-state index in [-0.39, 0.29) is 17.8 Å². The van der Waals surface area contributed by atoms with E-state index in [4.69, 9.17) is 0 Å². The van der Waals surface area contributed by atoms with E-state index in [1.807, 2.05) is 6.92 Å². The highest BCUT2D eigenvalue weighted by atomic mass is 19.1. The molecule has 98 valence electrons. The maximum Gasteiger partial charge on any atom is 0.244 e. The lowest BCUT2D eigenvalue weighted by Crippen LogP contribution is -2.50. The molecule has 3 nitrogen and oxygen atoms in total. The monoisotopic (exact) mass is 250 g/mol. The van der Waals surface area contributed by atoms with Gasteiger partial charge in [-0.2, -0.15) is 0 Å². The molecule has 0 bridgehead atoms. The number of likely N-dealkylation sites (N-methyl/N-ethyl adjacent to an activating group) is 1. The van der Waals surface area contributed by atoms with Crippen molar-refractivity contribution in [2.75, 3.05) is 18.0 Å². The Balaban J connectivity index is 2.21. The standard InChI is InChI=1S/C14H19FN2O/c1-3-16-13-5-4-8-17(14(13)18)11-6-7-12(15)10(2)9-11/h6-7,9,13,16H,3-5,8H2,1-2H3. The summed E-state index contributed by atoms with van der Waals surface area (Å²) in [6.45, 7) is 5.21. The molecule has 1 aromatic rings. The molecule has 1 atom stereocenters. The zero-order valence-corrected chi connectivity index (χ0v) is 10.9. The molecule has 2 rings (SSSR count). The highest BCUT2D eigenvalue weighted by molar-refractivity contribution is 5.98. The molecular formula is C14H19FN2O. The van der Waals surface area contributed by atoms with Crippen LogP contribution < -0.4 is 10.2 Å². The van der Waals surface area contributed by atoms with Crippen LogP contribution in [0, 0.1) is 12.7 Å². The number of hydrogen-bond donors (Lipinski definition) is 1. The van der Waals surface area contributed by atoms with E-state index < -0.39 is 0 Å². The number of rotatable bonds is 3. The van der Waals surface area contributed by atoms with E-state index in [9.17, 15) is 9.18 Å². The average molecular weight is 250 g/mol. The third kappa shape index (κ3) is 2.53. The lowest BCUT2D eigenvalue weighted by molar-refractivity contribution is -0.121. The van der Waals surface area contributed by atoms with E-state index in [0.717, 1.165) is 25.1 Å². The fraction of sp³-hybridized carbons (Fsp3) is 0.500. The number of aryl methyl sites for hydroxylation is 1. The lowest BCUT2D eigenvalue weighted by Gasteiger charge is -2.32. The van der Waals surface area contributed by atoms with Crippen LogP contribution in [0.3, 0.4) is 0 Å². The van der Waals surface area contributed by atoms with E-state index in [0.29, 0.717) is 12.1 Å². The summed E-state index contributed by atoms with van der Waals surface area (Å²) in [5.41, 5.74) is 1.37. The Morgan fingerprint density at radius 2 is 2.28 bits per heavy atom. The van der Waals surface area contributed by atoms with Crippen molar-refractivity contribution < 1.29 is 9.18 Å². The first-order valence-corrected chi connectivity index (χ1v) is 6.44. The second-order valence-corrected chi connectivity index (χ2v) is 4.68. The van der Waals surface area contributed by atoms with Gasteiger partial charge in [-0.05, 0) is 50.1 Å². The molecule has 1 amide bonds. The van der Waals surface area contributed by atoms with Gasteiger partial charge in [0.05, 0.1) is 6.04 Å². The number of nitrogens with one attached hydrogen (secondary N) is 1. The molecule has 1 aromatic carbocycles. The Kier molecular flexibility index (Phi) is 3.97. The predicted octanol–water partition coefficient (Wildman–Crippen LogP) is 2.24. The van der Waals surface area contributed by atoms with Crippen LogP contribution in [0.5, 0.6) is 0 Å². The summed E-state index contributed by atoms with van der Waals surface area (Å²) in [5.74, 6) is -0.138. The van der Waals surface area contributed by atoms with E-state index >= 15 is 0 Å². The minimum Gasteiger partial charge on any atom is -0.311 e. The number of hydrogen-bond acceptors (Lipinski definition) is 2. The molecule has 1 saturated heterocycles. The summed E-state index contributed by atoms with van der Waals surface area (Å²) in [7, 11) is 0. The van der Waals surface area contributed by atoms with E-state index in [1.54, 1.807) is 24.0 Å². The Labute approximate surface area is 107 Å². The van der Waals surface area contributed by atoms with Crippen LogP contribution in [-0.4, -0.2) is 25.0 Å². The fourth-order valence-electron chi connectivity index (χ4n) is 2.36. The molecule has 1 unspecified atom stereocenters. The van der Waals surface area contributed by atoms with Crippen molar-refractivity contribution in [2.24, 2.45) is 0 Å². The van der Waals surface area contributed by atoms with Gasteiger partial charge in [-0.1, -0.05) is 6.92 Å². The van der Waals surface area contributed by atoms with Crippen molar-refractivity contribution in [1.29, 1.82) is 0 Å². The highest BCUT2D eigenvalue weighted by Gasteiger charge is 2.28. The van der Waals surface area contributed by atoms with Gasteiger partial charge in [0.15, 0.2) is 0 Å². The number of amides is 1. The van der Waals surface area contributed by atoms with Crippen molar-refractivity contribution >= 4 is 11.6 Å². The summed E-state index contributed by atoms with van der Waals surface area (Å²) in [6.07, 6.45) is 1.85. The zero-order chi connectivity index (χ0) is 13.1. The van der Waals surface area contributed by atoms with Gasteiger partial charge in [-0.15, -0.1) is 0 Å². The van der Waals surface area contributed by atoms with E-state index in [1.165, 1.54) is 6.07 Å². The van der Waals surface area contributed by atoms with E-state index in [2.05, 4.69) is 5.32 Å². The second kappa shape index (κ2) is 5.48. The third-order valence-corrected chi connectivity index (χ3v) is 3.34. The highest BCUT2D eigenvalue weighted by Crippen LogP contribution is 2.23. The largest absolute Gasteiger partial charge is 0.311 e. The number of piperidine rings is 1. The van der Waals surface area contributed by atoms with Crippen LogP contribution >= 0.6 is 0 Å². The van der Waals surface area contributed by atoms with Gasteiger partial charge in [0, 0.05) is 12.2 Å². The van der Waals surface area contributed by atoms with Crippen molar-refractivity contribution in [3.05, 3.63) is 29.6 Å². The number of benzene rings is 1. The number of anilines is 1.